The van der Waals surface area contributed by atoms with Gasteiger partial charge in [-0.25, -0.2) is 0 Å². The Morgan fingerprint density at radius 2 is 1.76 bits per heavy atom. The third-order valence-electron chi connectivity index (χ3n) is 2.69. The van der Waals surface area contributed by atoms with Gasteiger partial charge in [0, 0.05) is 12.1 Å². The maximum Gasteiger partial charge on any atom is 0.273 e. The number of aryl methyl sites for hydroxylation is 1. The van der Waals surface area contributed by atoms with E-state index in [1.54, 1.807) is 0 Å². The number of phenolic OH excluding ortho intramolecular Hbond substituents is 3. The van der Waals surface area contributed by atoms with Crippen LogP contribution < -0.4 is 0 Å². The molecule has 2 aromatic carbocycles. The third-order valence-corrected chi connectivity index (χ3v) is 2.69. The van der Waals surface area contributed by atoms with Crippen molar-refractivity contribution in [2.24, 2.45) is 10.2 Å². The van der Waals surface area contributed by atoms with Crippen molar-refractivity contribution in [1.29, 1.82) is 0 Å². The van der Waals surface area contributed by atoms with Gasteiger partial charge in [0.05, 0.1) is 11.0 Å². The highest BCUT2D eigenvalue weighted by Gasteiger charge is 2.14. The number of nitro benzene ring substituents is 1. The van der Waals surface area contributed by atoms with Crippen LogP contribution in [0.4, 0.5) is 17.1 Å². The highest BCUT2D eigenvalue weighted by molar-refractivity contribution is 5.62. The van der Waals surface area contributed by atoms with E-state index in [4.69, 9.17) is 5.11 Å². The first-order chi connectivity index (χ1) is 9.88. The van der Waals surface area contributed by atoms with Gasteiger partial charge in [-0.2, -0.15) is 0 Å². The van der Waals surface area contributed by atoms with Crippen LogP contribution in [0.15, 0.2) is 40.6 Å². The van der Waals surface area contributed by atoms with Crippen molar-refractivity contribution in [2.75, 3.05) is 0 Å². The van der Waals surface area contributed by atoms with Gasteiger partial charge in [-0.05, 0) is 24.6 Å². The summed E-state index contributed by atoms with van der Waals surface area (Å²) in [6, 6.07) is 5.97. The lowest BCUT2D eigenvalue weighted by atomic mass is 10.1. The quantitative estimate of drug-likeness (QED) is 0.453. The Kier molecular flexibility index (Phi) is 3.70. The number of hydrogen-bond acceptors (Lipinski definition) is 7. The number of non-ortho nitro benzene ring substituents is 1. The topological polar surface area (TPSA) is 129 Å². The zero-order valence-electron chi connectivity index (χ0n) is 10.9. The molecule has 0 amide bonds. The van der Waals surface area contributed by atoms with E-state index in [1.807, 2.05) is 0 Å². The maximum absolute atomic E-state index is 10.7. The lowest BCUT2D eigenvalue weighted by Crippen LogP contribution is -1.88. The monoisotopic (exact) mass is 289 g/mol. The zero-order valence-corrected chi connectivity index (χ0v) is 10.9. The highest BCUT2D eigenvalue weighted by atomic mass is 16.6. The molecule has 0 saturated heterocycles. The van der Waals surface area contributed by atoms with Crippen LogP contribution >= 0.6 is 0 Å². The number of benzene rings is 2. The molecule has 2 aromatic rings. The van der Waals surface area contributed by atoms with Crippen molar-refractivity contribution < 1.29 is 20.2 Å². The predicted octanol–water partition coefficient (Wildman–Crippen LogP) is 3.44. The van der Waals surface area contributed by atoms with Crippen LogP contribution in [-0.4, -0.2) is 20.2 Å². The molecule has 2 rings (SSSR count). The molecule has 0 saturated carbocycles. The molecule has 0 bridgehead atoms. The smallest absolute Gasteiger partial charge is 0.273 e. The van der Waals surface area contributed by atoms with Crippen LogP contribution in [0.3, 0.4) is 0 Å². The van der Waals surface area contributed by atoms with E-state index in [9.17, 15) is 20.3 Å². The minimum absolute atomic E-state index is 0.0630. The van der Waals surface area contributed by atoms with Crippen LogP contribution in [0.5, 0.6) is 17.2 Å². The van der Waals surface area contributed by atoms with Gasteiger partial charge in [0.25, 0.3) is 5.69 Å². The fourth-order valence-electron chi connectivity index (χ4n) is 1.68. The second-order valence-corrected chi connectivity index (χ2v) is 4.26. The van der Waals surface area contributed by atoms with Crippen LogP contribution in [0.1, 0.15) is 5.56 Å². The van der Waals surface area contributed by atoms with Crippen LogP contribution in [0.2, 0.25) is 0 Å². The van der Waals surface area contributed by atoms with Crippen molar-refractivity contribution in [2.45, 2.75) is 6.92 Å². The number of hydrogen-bond donors (Lipinski definition) is 3. The van der Waals surface area contributed by atoms with Gasteiger partial charge < -0.3 is 15.3 Å². The van der Waals surface area contributed by atoms with Gasteiger partial charge in [-0.15, -0.1) is 10.2 Å². The lowest BCUT2D eigenvalue weighted by Gasteiger charge is -2.03. The van der Waals surface area contributed by atoms with Gasteiger partial charge in [-0.1, -0.05) is 0 Å². The van der Waals surface area contributed by atoms with Crippen LogP contribution in [-0.2, 0) is 0 Å². The molecule has 0 aliphatic heterocycles. The largest absolute Gasteiger partial charge is 0.508 e. The van der Waals surface area contributed by atoms with E-state index in [-0.39, 0.29) is 34.3 Å². The normalized spacial score (nSPS) is 10.9. The van der Waals surface area contributed by atoms with Crippen molar-refractivity contribution in [3.8, 4) is 17.2 Å². The van der Waals surface area contributed by atoms with Crippen molar-refractivity contribution in [1.82, 2.24) is 0 Å². The highest BCUT2D eigenvalue weighted by Crippen LogP contribution is 2.37. The minimum Gasteiger partial charge on any atom is -0.508 e. The van der Waals surface area contributed by atoms with Gasteiger partial charge >= 0.3 is 0 Å². The number of nitrogens with zero attached hydrogens (tertiary/aromatic N) is 3. The number of rotatable bonds is 3. The minimum atomic E-state index is -0.626. The average molecular weight is 289 g/mol. The fraction of sp³-hybridized carbons (Fsp3) is 0.0769. The Labute approximate surface area is 118 Å². The van der Waals surface area contributed by atoms with E-state index in [0.29, 0.717) is 5.56 Å². The zero-order chi connectivity index (χ0) is 15.6. The van der Waals surface area contributed by atoms with E-state index >= 15 is 0 Å². The summed E-state index contributed by atoms with van der Waals surface area (Å²) in [5, 5.41) is 46.6. The number of phenols is 3. The summed E-state index contributed by atoms with van der Waals surface area (Å²) < 4.78 is 0. The second-order valence-electron chi connectivity index (χ2n) is 4.26. The van der Waals surface area contributed by atoms with Crippen molar-refractivity contribution in [3.05, 3.63) is 46.0 Å². The van der Waals surface area contributed by atoms with E-state index in [2.05, 4.69) is 10.2 Å². The summed E-state index contributed by atoms with van der Waals surface area (Å²) in [5.41, 5.74) is 0.262. The molecule has 8 heteroatoms. The first-order valence-electron chi connectivity index (χ1n) is 5.80. The standard InChI is InChI=1S/C13H11N3O5/c1-7-4-8(16(20)21)5-12(19)13(7)15-14-10-3-2-9(17)6-11(10)18/h2-6,17-19H,1H3. The van der Waals surface area contributed by atoms with Crippen LogP contribution in [0.25, 0.3) is 0 Å². The predicted molar refractivity (Wildman–Crippen MR) is 73.4 cm³/mol. The van der Waals surface area contributed by atoms with Gasteiger partial charge in [0.1, 0.15) is 28.6 Å². The maximum atomic E-state index is 10.7. The molecule has 8 nitrogen and oxygen atoms in total. The van der Waals surface area contributed by atoms with Crippen molar-refractivity contribution in [3.63, 3.8) is 0 Å². The molecule has 0 aliphatic carbocycles. The fourth-order valence-corrected chi connectivity index (χ4v) is 1.68. The van der Waals surface area contributed by atoms with Gasteiger partial charge in [0.15, 0.2) is 0 Å². The summed E-state index contributed by atoms with van der Waals surface area (Å²) in [7, 11) is 0. The SMILES string of the molecule is Cc1cc([N+](=O)[O-])cc(O)c1N=Nc1ccc(O)cc1O. The number of nitro groups is 1. The van der Waals surface area contributed by atoms with Crippen molar-refractivity contribution >= 4 is 17.1 Å². The Balaban J connectivity index is 2.39. The third kappa shape index (κ3) is 3.06. The van der Waals surface area contributed by atoms with Crippen LogP contribution in [0, 0.1) is 17.0 Å². The Hall–Kier alpha value is -3.16. The Bertz CT molecular complexity index is 720. The summed E-state index contributed by atoms with van der Waals surface area (Å²) in [5.74, 6) is -0.790. The molecule has 21 heavy (non-hydrogen) atoms. The Morgan fingerprint density at radius 1 is 1.05 bits per heavy atom. The molecule has 0 heterocycles. The molecule has 0 aliphatic rings. The number of azo groups is 1. The molecule has 108 valence electrons. The molecule has 0 unspecified atom stereocenters. The summed E-state index contributed by atoms with van der Waals surface area (Å²) in [6.07, 6.45) is 0. The molecule has 3 N–H and O–H groups in total. The molecule has 0 fully saturated rings. The van der Waals surface area contributed by atoms with Gasteiger partial charge in [0.2, 0.25) is 0 Å². The molecule has 0 atom stereocenters. The first kappa shape index (κ1) is 14.3. The molecule has 0 spiro atoms. The van der Waals surface area contributed by atoms with E-state index in [1.165, 1.54) is 25.1 Å². The summed E-state index contributed by atoms with van der Waals surface area (Å²) >= 11 is 0. The average Bonchev–Trinajstić information content (AvgIpc) is 2.39. The molecule has 0 radical (unpaired) electrons. The molecule has 0 aromatic heterocycles. The van der Waals surface area contributed by atoms with Gasteiger partial charge in [-0.3, -0.25) is 10.1 Å². The summed E-state index contributed by atoms with van der Waals surface area (Å²) in [4.78, 5) is 10.0. The first-order valence-corrected chi connectivity index (χ1v) is 5.80. The molecular weight excluding hydrogens is 278 g/mol. The molecular formula is C13H11N3O5. The van der Waals surface area contributed by atoms with E-state index < -0.39 is 4.92 Å². The lowest BCUT2D eigenvalue weighted by molar-refractivity contribution is -0.385. The summed E-state index contributed by atoms with van der Waals surface area (Å²) in [6.45, 7) is 1.54. The second kappa shape index (κ2) is 5.45. The Morgan fingerprint density at radius 3 is 2.33 bits per heavy atom. The number of aromatic hydroxyl groups is 3. The van der Waals surface area contributed by atoms with E-state index in [0.717, 1.165) is 12.1 Å².